The fourth-order valence-electron chi connectivity index (χ4n) is 9.24. The van der Waals surface area contributed by atoms with Crippen molar-refractivity contribution in [3.8, 4) is 33.4 Å². The molecule has 0 bridgehead atoms. The van der Waals surface area contributed by atoms with E-state index < -0.39 is 0 Å². The maximum absolute atomic E-state index is 5.08. The summed E-state index contributed by atoms with van der Waals surface area (Å²) in [5, 5.41) is 3.77. The average Bonchev–Trinajstić information content (AvgIpc) is 3.88. The Balaban J connectivity index is 1.04. The third kappa shape index (κ3) is 4.88. The van der Waals surface area contributed by atoms with Crippen LogP contribution in [0.15, 0.2) is 199 Å². The first-order valence-electron chi connectivity index (χ1n) is 19.0. The van der Waals surface area contributed by atoms with Gasteiger partial charge >= 0.3 is 0 Å². The summed E-state index contributed by atoms with van der Waals surface area (Å²) < 4.78 is 1.35. The van der Waals surface area contributed by atoms with Crippen molar-refractivity contribution in [3.05, 3.63) is 232 Å². The largest absolute Gasteiger partial charge is 0.256 e. The molecule has 0 aliphatic heterocycles. The molecule has 9 aromatic rings. The highest BCUT2D eigenvalue weighted by Crippen LogP contribution is 2.67. The molecule has 0 amide bonds. The molecule has 2 aliphatic carbocycles. The average molecular weight is 718 g/mol. The minimum Gasteiger partial charge on any atom is -0.256 e. The third-order valence-electron chi connectivity index (χ3n) is 11.6. The van der Waals surface area contributed by atoms with Crippen LogP contribution in [-0.2, 0) is 11.8 Å². The maximum Gasteiger partial charge on any atom is 0.0825 e. The molecule has 258 valence electrons. The van der Waals surface area contributed by atoms with Crippen molar-refractivity contribution >= 4 is 44.1 Å². The summed E-state index contributed by atoms with van der Waals surface area (Å²) in [4.78, 5) is 6.52. The summed E-state index contributed by atoms with van der Waals surface area (Å²) in [5.74, 6) is 0. The molecule has 0 N–H and O–H groups in total. The van der Waals surface area contributed by atoms with E-state index in [0.717, 1.165) is 23.2 Å². The second-order valence-corrected chi connectivity index (χ2v) is 15.6. The Hall–Kier alpha value is -6.61. The smallest absolute Gasteiger partial charge is 0.0825 e. The van der Waals surface area contributed by atoms with Crippen LogP contribution in [0.5, 0.6) is 0 Å². The zero-order valence-corrected chi connectivity index (χ0v) is 30.9. The molecule has 11 rings (SSSR count). The van der Waals surface area contributed by atoms with Crippen molar-refractivity contribution < 1.29 is 0 Å². The Morgan fingerprint density at radius 2 is 1.15 bits per heavy atom. The first kappa shape index (κ1) is 31.9. The number of aliphatic imine (C=N–C) groups is 1. The van der Waals surface area contributed by atoms with Crippen molar-refractivity contribution in [1.82, 2.24) is 0 Å². The van der Waals surface area contributed by atoms with E-state index >= 15 is 0 Å². The molecule has 0 fully saturated rings. The van der Waals surface area contributed by atoms with Gasteiger partial charge in [0.05, 0.1) is 11.1 Å². The highest BCUT2D eigenvalue weighted by atomic mass is 32.1. The van der Waals surface area contributed by atoms with Crippen molar-refractivity contribution in [3.63, 3.8) is 0 Å². The molecule has 1 heterocycles. The third-order valence-corrected chi connectivity index (χ3v) is 12.9. The number of rotatable bonds is 6. The van der Waals surface area contributed by atoms with Gasteiger partial charge in [0, 0.05) is 32.3 Å². The molecule has 0 unspecified atom stereocenters. The molecular weight excluding hydrogens is 683 g/mol. The molecule has 1 nitrogen and oxygen atoms in total. The second-order valence-electron chi connectivity index (χ2n) is 14.6. The van der Waals surface area contributed by atoms with Crippen molar-refractivity contribution in [2.45, 2.75) is 11.8 Å². The lowest BCUT2D eigenvalue weighted by atomic mass is 9.71. The minimum absolute atomic E-state index is 0.385. The van der Waals surface area contributed by atoms with Crippen molar-refractivity contribution in [2.24, 2.45) is 4.99 Å². The molecule has 0 radical (unpaired) electrons. The number of thiophene rings is 1. The van der Waals surface area contributed by atoms with Gasteiger partial charge in [-0.2, -0.15) is 0 Å². The van der Waals surface area contributed by atoms with E-state index in [-0.39, 0.29) is 5.41 Å². The molecule has 1 aromatic heterocycles. The van der Waals surface area contributed by atoms with Crippen LogP contribution in [0.1, 0.15) is 38.3 Å². The van der Waals surface area contributed by atoms with Crippen molar-refractivity contribution in [1.29, 1.82) is 0 Å². The number of allylic oxidation sites excluding steroid dienone is 1. The summed E-state index contributed by atoms with van der Waals surface area (Å²) in [6, 6.07) is 68.8. The molecule has 0 saturated carbocycles. The normalized spacial score (nSPS) is 13.7. The van der Waals surface area contributed by atoms with Gasteiger partial charge in [0.1, 0.15) is 0 Å². The van der Waals surface area contributed by atoms with Crippen LogP contribution in [-0.4, -0.2) is 6.21 Å². The first-order chi connectivity index (χ1) is 27.3. The monoisotopic (exact) mass is 717 g/mol. The summed E-state index contributed by atoms with van der Waals surface area (Å²) in [7, 11) is 0. The fourth-order valence-corrected chi connectivity index (χ4v) is 10.7. The van der Waals surface area contributed by atoms with Gasteiger partial charge in [-0.15, -0.1) is 11.3 Å². The molecule has 55 heavy (non-hydrogen) atoms. The molecular formula is C53H35NS. The van der Waals surface area contributed by atoms with E-state index in [2.05, 4.69) is 188 Å². The lowest BCUT2D eigenvalue weighted by molar-refractivity contribution is 0.814. The topological polar surface area (TPSA) is 12.4 Å². The molecule has 8 aromatic carbocycles. The summed E-state index contributed by atoms with van der Waals surface area (Å²) >= 11 is 1.97. The van der Waals surface area contributed by atoms with Gasteiger partial charge in [-0.3, -0.25) is 4.99 Å². The minimum atomic E-state index is -0.385. The predicted octanol–water partition coefficient (Wildman–Crippen LogP) is 13.8. The first-order valence-corrected chi connectivity index (χ1v) is 19.8. The Morgan fingerprint density at radius 3 is 1.95 bits per heavy atom. The van der Waals surface area contributed by atoms with Gasteiger partial charge in [-0.05, 0) is 78.9 Å². The quantitative estimate of drug-likeness (QED) is 0.152. The number of hydrogen-bond donors (Lipinski definition) is 0. The Morgan fingerprint density at radius 1 is 0.527 bits per heavy atom. The second kappa shape index (κ2) is 12.8. The number of fused-ring (bicyclic) bond motifs is 13. The van der Waals surface area contributed by atoms with Crippen molar-refractivity contribution in [2.75, 3.05) is 0 Å². The molecule has 0 saturated heterocycles. The molecule has 0 atom stereocenters. The van der Waals surface area contributed by atoms with E-state index in [4.69, 9.17) is 4.99 Å². The van der Waals surface area contributed by atoms with Crippen LogP contribution in [0.2, 0.25) is 0 Å². The van der Waals surface area contributed by atoms with Gasteiger partial charge in [0.2, 0.25) is 0 Å². The van der Waals surface area contributed by atoms with Crippen LogP contribution < -0.4 is 0 Å². The Kier molecular flexibility index (Phi) is 7.40. The molecule has 2 aliphatic rings. The SMILES string of the molecule is C(=N/C(=C\Cc1ccc(-c2cccc3c2C2(c4ccccc4-c4ccccc42)c2sc4ccccc4c2-3)cc1)c1cccc2ccccc12)c1ccccc1. The zero-order chi connectivity index (χ0) is 36.3. The van der Waals surface area contributed by atoms with E-state index in [1.807, 2.05) is 23.6 Å². The van der Waals surface area contributed by atoms with Gasteiger partial charge in [-0.1, -0.05) is 188 Å². The van der Waals surface area contributed by atoms with Crippen LogP contribution in [0.3, 0.4) is 0 Å². The van der Waals surface area contributed by atoms with Crippen LogP contribution in [0, 0.1) is 0 Å². The number of nitrogens with zero attached hydrogens (tertiary/aromatic N) is 1. The Bertz CT molecular complexity index is 2950. The molecule has 2 heteroatoms. The Labute approximate surface area is 325 Å². The summed E-state index contributed by atoms with van der Waals surface area (Å²) in [6.45, 7) is 0. The zero-order valence-electron chi connectivity index (χ0n) is 30.1. The van der Waals surface area contributed by atoms with E-state index in [0.29, 0.717) is 0 Å². The van der Waals surface area contributed by atoms with Crippen LogP contribution in [0.25, 0.3) is 59.9 Å². The van der Waals surface area contributed by atoms with Gasteiger partial charge in [-0.25, -0.2) is 0 Å². The summed E-state index contributed by atoms with van der Waals surface area (Å²) in [5.41, 5.74) is 16.2. The highest BCUT2D eigenvalue weighted by molar-refractivity contribution is 7.20. The lowest BCUT2D eigenvalue weighted by Crippen LogP contribution is -2.25. The number of hydrogen-bond acceptors (Lipinski definition) is 2. The van der Waals surface area contributed by atoms with Crippen LogP contribution in [0.4, 0.5) is 0 Å². The van der Waals surface area contributed by atoms with Gasteiger partial charge in [0.15, 0.2) is 0 Å². The maximum atomic E-state index is 5.08. The van der Waals surface area contributed by atoms with E-state index in [1.165, 1.54) is 81.4 Å². The van der Waals surface area contributed by atoms with Crippen LogP contribution >= 0.6 is 11.3 Å². The standard InChI is InChI=1S/C53H35NS/c1-2-14-36(15-3-1)34-54-48(43-23-12-17-37-16-4-5-18-39(37)43)33-30-35-28-31-38(32-29-35)40-22-13-24-45-50-44-21-8-11-27-49(44)55-52(50)53(51(40)45)46-25-9-6-19-41(46)42-20-7-10-26-47(42)53/h1-29,31-34H,30H2/b48-33-,54-34?. The van der Waals surface area contributed by atoms with Gasteiger partial charge < -0.3 is 0 Å². The lowest BCUT2D eigenvalue weighted by Gasteiger charge is -2.31. The predicted molar refractivity (Wildman–Crippen MR) is 233 cm³/mol. The number of benzene rings is 8. The van der Waals surface area contributed by atoms with E-state index in [1.54, 1.807) is 0 Å². The van der Waals surface area contributed by atoms with E-state index in [9.17, 15) is 0 Å². The molecule has 1 spiro atoms. The fraction of sp³-hybridized carbons (Fsp3) is 0.0377. The summed E-state index contributed by atoms with van der Waals surface area (Å²) in [6.07, 6.45) is 5.02. The van der Waals surface area contributed by atoms with Gasteiger partial charge in [0.25, 0.3) is 0 Å². The highest BCUT2D eigenvalue weighted by Gasteiger charge is 2.54.